The minimum atomic E-state index is -0.529. The third-order valence-corrected chi connectivity index (χ3v) is 3.49. The van der Waals surface area contributed by atoms with Crippen LogP contribution in [0.1, 0.15) is 24.6 Å². The van der Waals surface area contributed by atoms with Crippen LogP contribution in [0.25, 0.3) is 11.1 Å². The lowest BCUT2D eigenvalue weighted by atomic mass is 10.0. The van der Waals surface area contributed by atoms with Gasteiger partial charge in [0.05, 0.1) is 10.6 Å². The van der Waals surface area contributed by atoms with Gasteiger partial charge in [0.2, 0.25) is 5.88 Å². The van der Waals surface area contributed by atoms with Gasteiger partial charge < -0.3 is 15.0 Å². The minimum Gasteiger partial charge on any atom is -0.372 e. The smallest absolute Gasteiger partial charge is 0.230 e. The quantitative estimate of drug-likeness (QED) is 0.915. The van der Waals surface area contributed by atoms with E-state index in [-0.39, 0.29) is 22.6 Å². The number of nitrogens with zero attached hydrogens (tertiary/aromatic N) is 1. The number of anilines is 1. The Kier molecular flexibility index (Phi) is 3.16. The van der Waals surface area contributed by atoms with Gasteiger partial charge in [0.1, 0.15) is 17.6 Å². The standard InChI is InChI=1S/C13H12ClFN2O2/c14-8-4-1-3-7(11(8)15)10-12(17-19-13(10)16)9-5-2-6-18-9/h1,3-4,9H,2,5-6,16H2. The van der Waals surface area contributed by atoms with Crippen molar-refractivity contribution in [1.29, 1.82) is 0 Å². The van der Waals surface area contributed by atoms with Gasteiger partial charge in [-0.25, -0.2) is 4.39 Å². The highest BCUT2D eigenvalue weighted by Gasteiger charge is 2.28. The van der Waals surface area contributed by atoms with Crippen molar-refractivity contribution in [2.75, 3.05) is 12.3 Å². The summed E-state index contributed by atoms with van der Waals surface area (Å²) in [5.41, 5.74) is 7.03. The van der Waals surface area contributed by atoms with Crippen LogP contribution in [0.3, 0.4) is 0 Å². The molecule has 2 N–H and O–H groups in total. The van der Waals surface area contributed by atoms with Crippen molar-refractivity contribution >= 4 is 17.5 Å². The Morgan fingerprint density at radius 2 is 2.26 bits per heavy atom. The molecule has 3 rings (SSSR count). The van der Waals surface area contributed by atoms with E-state index in [1.807, 2.05) is 0 Å². The van der Waals surface area contributed by atoms with E-state index in [1.54, 1.807) is 12.1 Å². The van der Waals surface area contributed by atoms with Crippen LogP contribution in [-0.4, -0.2) is 11.8 Å². The minimum absolute atomic E-state index is 0.0383. The van der Waals surface area contributed by atoms with Crippen LogP contribution in [0.15, 0.2) is 22.7 Å². The largest absolute Gasteiger partial charge is 0.372 e. The fourth-order valence-corrected chi connectivity index (χ4v) is 2.47. The molecule has 0 bridgehead atoms. The number of benzene rings is 1. The van der Waals surface area contributed by atoms with Crippen molar-refractivity contribution in [3.05, 3.63) is 34.7 Å². The van der Waals surface area contributed by atoms with Gasteiger partial charge in [-0.05, 0) is 18.9 Å². The van der Waals surface area contributed by atoms with Gasteiger partial charge in [-0.2, -0.15) is 0 Å². The number of aromatic nitrogens is 1. The molecule has 4 nitrogen and oxygen atoms in total. The molecule has 6 heteroatoms. The lowest BCUT2D eigenvalue weighted by Crippen LogP contribution is -2.00. The van der Waals surface area contributed by atoms with E-state index >= 15 is 0 Å². The second kappa shape index (κ2) is 4.83. The van der Waals surface area contributed by atoms with Crippen LogP contribution in [0.5, 0.6) is 0 Å². The predicted octanol–water partition coefficient (Wildman–Crippen LogP) is 3.57. The van der Waals surface area contributed by atoms with Gasteiger partial charge in [0, 0.05) is 12.2 Å². The first-order valence-electron chi connectivity index (χ1n) is 5.99. The molecule has 1 atom stereocenters. The summed E-state index contributed by atoms with van der Waals surface area (Å²) in [6, 6.07) is 4.74. The SMILES string of the molecule is Nc1onc(C2CCCO2)c1-c1cccc(Cl)c1F. The maximum absolute atomic E-state index is 14.1. The second-order valence-electron chi connectivity index (χ2n) is 4.41. The Labute approximate surface area is 114 Å². The van der Waals surface area contributed by atoms with Crippen LogP contribution in [-0.2, 0) is 4.74 Å². The Morgan fingerprint density at radius 1 is 1.42 bits per heavy atom. The number of ether oxygens (including phenoxy) is 1. The lowest BCUT2D eigenvalue weighted by Gasteiger charge is -2.09. The molecular formula is C13H12ClFN2O2. The molecule has 0 amide bonds. The molecule has 1 unspecified atom stereocenters. The Bertz CT molecular complexity index is 609. The first kappa shape index (κ1) is 12.4. The van der Waals surface area contributed by atoms with Crippen molar-refractivity contribution in [2.24, 2.45) is 0 Å². The number of hydrogen-bond donors (Lipinski definition) is 1. The fraction of sp³-hybridized carbons (Fsp3) is 0.308. The zero-order valence-electron chi connectivity index (χ0n) is 10.0. The summed E-state index contributed by atoms with van der Waals surface area (Å²) in [4.78, 5) is 0. The van der Waals surface area contributed by atoms with Crippen molar-refractivity contribution in [3.8, 4) is 11.1 Å². The zero-order chi connectivity index (χ0) is 13.4. The molecule has 100 valence electrons. The molecular weight excluding hydrogens is 271 g/mol. The van der Waals surface area contributed by atoms with E-state index in [2.05, 4.69) is 5.16 Å². The highest BCUT2D eigenvalue weighted by atomic mass is 35.5. The normalized spacial score (nSPS) is 18.9. The predicted molar refractivity (Wildman–Crippen MR) is 69.2 cm³/mol. The summed E-state index contributed by atoms with van der Waals surface area (Å²) in [7, 11) is 0. The molecule has 1 saturated heterocycles. The van der Waals surface area contributed by atoms with Gasteiger partial charge in [0.25, 0.3) is 0 Å². The van der Waals surface area contributed by atoms with E-state index in [0.29, 0.717) is 17.9 Å². The van der Waals surface area contributed by atoms with Gasteiger partial charge in [-0.15, -0.1) is 0 Å². The molecule has 1 aliphatic heterocycles. The number of nitrogen functional groups attached to an aromatic ring is 1. The molecule has 0 aliphatic carbocycles. The Balaban J connectivity index is 2.13. The summed E-state index contributed by atoms with van der Waals surface area (Å²) in [5, 5.41) is 3.95. The molecule has 19 heavy (non-hydrogen) atoms. The monoisotopic (exact) mass is 282 g/mol. The summed E-state index contributed by atoms with van der Waals surface area (Å²) in [6.07, 6.45) is 1.56. The van der Waals surface area contributed by atoms with Crippen LogP contribution < -0.4 is 5.73 Å². The summed E-state index contributed by atoms with van der Waals surface area (Å²) < 4.78 is 24.7. The van der Waals surface area contributed by atoms with Gasteiger partial charge in [-0.3, -0.25) is 0 Å². The molecule has 0 saturated carbocycles. The van der Waals surface area contributed by atoms with Crippen molar-refractivity contribution in [2.45, 2.75) is 18.9 Å². The Morgan fingerprint density at radius 3 is 3.00 bits per heavy atom. The molecule has 1 aliphatic rings. The fourth-order valence-electron chi connectivity index (χ4n) is 2.30. The van der Waals surface area contributed by atoms with Crippen LogP contribution in [0.4, 0.5) is 10.3 Å². The average Bonchev–Trinajstić information content (AvgIpc) is 3.02. The Hall–Kier alpha value is -1.59. The number of rotatable bonds is 2. The summed E-state index contributed by atoms with van der Waals surface area (Å²) in [6.45, 7) is 0.662. The molecule has 1 aromatic heterocycles. The summed E-state index contributed by atoms with van der Waals surface area (Å²) >= 11 is 5.80. The molecule has 0 spiro atoms. The van der Waals surface area contributed by atoms with Gasteiger partial charge in [0.15, 0.2) is 0 Å². The molecule has 2 aromatic rings. The molecule has 0 radical (unpaired) electrons. The third kappa shape index (κ3) is 2.09. The van der Waals surface area contributed by atoms with Crippen LogP contribution in [0, 0.1) is 5.82 Å². The first-order valence-corrected chi connectivity index (χ1v) is 6.37. The average molecular weight is 283 g/mol. The van der Waals surface area contributed by atoms with E-state index < -0.39 is 5.82 Å². The maximum atomic E-state index is 14.1. The van der Waals surface area contributed by atoms with E-state index in [1.165, 1.54) is 6.07 Å². The van der Waals surface area contributed by atoms with E-state index in [0.717, 1.165) is 12.8 Å². The maximum Gasteiger partial charge on any atom is 0.230 e. The van der Waals surface area contributed by atoms with Crippen molar-refractivity contribution in [1.82, 2.24) is 5.16 Å². The van der Waals surface area contributed by atoms with Crippen molar-refractivity contribution in [3.63, 3.8) is 0 Å². The van der Waals surface area contributed by atoms with Crippen LogP contribution in [0.2, 0.25) is 5.02 Å². The molecule has 1 fully saturated rings. The van der Waals surface area contributed by atoms with E-state index in [9.17, 15) is 4.39 Å². The summed E-state index contributed by atoms with van der Waals surface area (Å²) in [5.74, 6) is -0.454. The van der Waals surface area contributed by atoms with Crippen LogP contribution >= 0.6 is 11.6 Å². The van der Waals surface area contributed by atoms with Crippen molar-refractivity contribution < 1.29 is 13.7 Å². The molecule has 2 heterocycles. The topological polar surface area (TPSA) is 61.3 Å². The zero-order valence-corrected chi connectivity index (χ0v) is 10.8. The highest BCUT2D eigenvalue weighted by molar-refractivity contribution is 6.31. The second-order valence-corrected chi connectivity index (χ2v) is 4.82. The number of hydrogen-bond acceptors (Lipinski definition) is 4. The number of nitrogens with two attached hydrogens (primary N) is 1. The first-order chi connectivity index (χ1) is 9.18. The highest BCUT2D eigenvalue weighted by Crippen LogP contribution is 2.40. The molecule has 1 aromatic carbocycles. The number of halogens is 2. The van der Waals surface area contributed by atoms with E-state index in [4.69, 9.17) is 26.6 Å². The van der Waals surface area contributed by atoms with Gasteiger partial charge >= 0.3 is 0 Å². The third-order valence-electron chi connectivity index (χ3n) is 3.20. The van der Waals surface area contributed by atoms with Gasteiger partial charge in [-0.1, -0.05) is 28.9 Å². The lowest BCUT2D eigenvalue weighted by molar-refractivity contribution is 0.106.